The van der Waals surface area contributed by atoms with Crippen LogP contribution in [0.2, 0.25) is 5.02 Å². The van der Waals surface area contributed by atoms with Gasteiger partial charge in [0, 0.05) is 42.2 Å². The minimum absolute atomic E-state index is 0.0392. The zero-order valence-corrected chi connectivity index (χ0v) is 18.1. The van der Waals surface area contributed by atoms with Gasteiger partial charge in [0.2, 0.25) is 11.9 Å². The van der Waals surface area contributed by atoms with Gasteiger partial charge in [-0.3, -0.25) is 19.4 Å². The maximum atomic E-state index is 13.1. The Balaban J connectivity index is 1.52. The fourth-order valence-electron chi connectivity index (χ4n) is 4.78. The van der Waals surface area contributed by atoms with Crippen molar-refractivity contribution in [2.75, 3.05) is 18.0 Å². The van der Waals surface area contributed by atoms with Crippen molar-refractivity contribution in [2.45, 2.75) is 31.6 Å². The standard InChI is InChI=1S/C23H22ClN5O3/c24-15-3-1-2-13(8-15)14-9-16-17(18(30)10-14)11-26-21-19(16)22(32)28-23(27-21)29-6-4-12(5-7-29)20(25)31/h1-3,8,11-12,14H,4-7,9-10H2,(H2,25,31)(H,26,27,28,32)/t14-/m1/s1. The largest absolute Gasteiger partial charge is 0.369 e. The topological polar surface area (TPSA) is 122 Å². The SMILES string of the molecule is NC(=O)C1CCN(c2nc3ncc4c(c3c(=O)[nH]2)C[C@@H](c2cccc(Cl)c2)CC4=O)CC1. The molecule has 2 aromatic heterocycles. The molecule has 0 saturated carbocycles. The van der Waals surface area contributed by atoms with E-state index < -0.39 is 0 Å². The van der Waals surface area contributed by atoms with Gasteiger partial charge in [0.25, 0.3) is 5.56 Å². The fraction of sp³-hybridized carbons (Fsp3) is 0.348. The van der Waals surface area contributed by atoms with Crippen LogP contribution in [0.25, 0.3) is 11.0 Å². The van der Waals surface area contributed by atoms with Gasteiger partial charge in [0.15, 0.2) is 11.4 Å². The minimum Gasteiger partial charge on any atom is -0.369 e. The zero-order valence-electron chi connectivity index (χ0n) is 17.3. The molecule has 0 spiro atoms. The van der Waals surface area contributed by atoms with Crippen LogP contribution in [-0.4, -0.2) is 39.7 Å². The highest BCUT2D eigenvalue weighted by Crippen LogP contribution is 2.35. The summed E-state index contributed by atoms with van der Waals surface area (Å²) in [6.45, 7) is 1.14. The number of pyridine rings is 1. The van der Waals surface area contributed by atoms with Gasteiger partial charge in [-0.05, 0) is 48.4 Å². The molecule has 0 bridgehead atoms. The summed E-state index contributed by atoms with van der Waals surface area (Å²) in [7, 11) is 0. The molecule has 1 amide bonds. The molecule has 1 aliphatic carbocycles. The number of carbonyl (C=O) groups excluding carboxylic acids is 2. The van der Waals surface area contributed by atoms with Crippen LogP contribution in [0.15, 0.2) is 35.3 Å². The van der Waals surface area contributed by atoms with Crippen LogP contribution in [0, 0.1) is 5.92 Å². The number of aromatic nitrogens is 3. The number of rotatable bonds is 3. The van der Waals surface area contributed by atoms with Crippen molar-refractivity contribution in [3.05, 3.63) is 62.5 Å². The van der Waals surface area contributed by atoms with E-state index in [9.17, 15) is 14.4 Å². The lowest BCUT2D eigenvalue weighted by Gasteiger charge is -2.31. The number of nitrogens with one attached hydrogen (secondary N) is 1. The number of carbonyl (C=O) groups is 2. The van der Waals surface area contributed by atoms with E-state index >= 15 is 0 Å². The molecule has 1 saturated heterocycles. The number of halogens is 1. The second kappa shape index (κ2) is 8.02. The summed E-state index contributed by atoms with van der Waals surface area (Å²) in [4.78, 5) is 51.1. The Kier molecular flexibility index (Phi) is 5.17. The van der Waals surface area contributed by atoms with Crippen LogP contribution in [0.4, 0.5) is 5.95 Å². The van der Waals surface area contributed by atoms with E-state index in [4.69, 9.17) is 17.3 Å². The van der Waals surface area contributed by atoms with E-state index in [0.717, 1.165) is 5.56 Å². The smallest absolute Gasteiger partial charge is 0.262 e. The highest BCUT2D eigenvalue weighted by Gasteiger charge is 2.30. The first-order chi connectivity index (χ1) is 15.4. The molecule has 1 aliphatic heterocycles. The molecule has 2 aliphatic rings. The van der Waals surface area contributed by atoms with E-state index in [1.54, 1.807) is 6.07 Å². The van der Waals surface area contributed by atoms with Crippen LogP contribution in [0.3, 0.4) is 0 Å². The quantitative estimate of drug-likeness (QED) is 0.631. The van der Waals surface area contributed by atoms with Gasteiger partial charge >= 0.3 is 0 Å². The van der Waals surface area contributed by atoms with Crippen LogP contribution >= 0.6 is 11.6 Å². The molecule has 3 N–H and O–H groups in total. The maximum absolute atomic E-state index is 13.1. The second-order valence-corrected chi connectivity index (χ2v) is 8.92. The lowest BCUT2D eigenvalue weighted by molar-refractivity contribution is -0.122. The van der Waals surface area contributed by atoms with Crippen molar-refractivity contribution in [1.29, 1.82) is 0 Å². The van der Waals surface area contributed by atoms with Crippen molar-refractivity contribution < 1.29 is 9.59 Å². The van der Waals surface area contributed by atoms with E-state index in [2.05, 4.69) is 15.0 Å². The molecule has 0 unspecified atom stereocenters. The van der Waals surface area contributed by atoms with Crippen molar-refractivity contribution in [3.63, 3.8) is 0 Å². The molecule has 9 heteroatoms. The van der Waals surface area contributed by atoms with E-state index in [1.165, 1.54) is 6.20 Å². The number of H-pyrrole nitrogens is 1. The number of anilines is 1. The van der Waals surface area contributed by atoms with Gasteiger partial charge in [-0.25, -0.2) is 4.98 Å². The van der Waals surface area contributed by atoms with Crippen molar-refractivity contribution >= 4 is 40.3 Å². The third-order valence-corrected chi connectivity index (χ3v) is 6.77. The highest BCUT2D eigenvalue weighted by atomic mass is 35.5. The molecular formula is C23H22ClN5O3. The lowest BCUT2D eigenvalue weighted by Crippen LogP contribution is -2.40. The zero-order chi connectivity index (χ0) is 22.4. The first kappa shape index (κ1) is 20.6. The van der Waals surface area contributed by atoms with Crippen molar-refractivity contribution in [2.24, 2.45) is 11.7 Å². The van der Waals surface area contributed by atoms with Gasteiger partial charge in [-0.1, -0.05) is 23.7 Å². The molecule has 3 aromatic rings. The molecule has 32 heavy (non-hydrogen) atoms. The number of benzene rings is 1. The van der Waals surface area contributed by atoms with E-state index in [1.807, 2.05) is 23.1 Å². The van der Waals surface area contributed by atoms with Gasteiger partial charge in [-0.15, -0.1) is 0 Å². The summed E-state index contributed by atoms with van der Waals surface area (Å²) >= 11 is 6.15. The lowest BCUT2D eigenvalue weighted by atomic mass is 9.79. The number of Topliss-reactive ketones (excluding diaryl/α,β-unsaturated/α-hetero) is 1. The number of nitrogens with zero attached hydrogens (tertiary/aromatic N) is 3. The Morgan fingerprint density at radius 2 is 1.97 bits per heavy atom. The predicted octanol–water partition coefficient (Wildman–Crippen LogP) is 2.59. The normalized spacial score (nSPS) is 19.2. The minimum atomic E-state index is -0.314. The fourth-order valence-corrected chi connectivity index (χ4v) is 4.98. The summed E-state index contributed by atoms with van der Waals surface area (Å²) in [6, 6.07) is 7.48. The number of hydrogen-bond acceptors (Lipinski definition) is 6. The third kappa shape index (κ3) is 3.64. The summed E-state index contributed by atoms with van der Waals surface area (Å²) in [5.74, 6) is -0.130. The number of aromatic amines is 1. The number of hydrogen-bond donors (Lipinski definition) is 2. The number of piperidine rings is 1. The van der Waals surface area contributed by atoms with E-state index in [0.29, 0.717) is 71.9 Å². The van der Waals surface area contributed by atoms with E-state index in [-0.39, 0.29) is 29.1 Å². The molecule has 5 rings (SSSR count). The molecule has 3 heterocycles. The number of amides is 1. The molecular weight excluding hydrogens is 430 g/mol. The summed E-state index contributed by atoms with van der Waals surface area (Å²) in [5.41, 5.74) is 7.56. The monoisotopic (exact) mass is 451 g/mol. The molecule has 0 radical (unpaired) electrons. The Morgan fingerprint density at radius 1 is 1.19 bits per heavy atom. The first-order valence-corrected chi connectivity index (χ1v) is 11.0. The van der Waals surface area contributed by atoms with Crippen molar-refractivity contribution in [1.82, 2.24) is 15.0 Å². The molecule has 164 valence electrons. The molecule has 1 atom stereocenters. The molecule has 8 nitrogen and oxygen atoms in total. The van der Waals surface area contributed by atoms with Gasteiger partial charge < -0.3 is 10.6 Å². The molecule has 1 aromatic carbocycles. The van der Waals surface area contributed by atoms with Gasteiger partial charge in [0.05, 0.1) is 5.39 Å². The Hall–Kier alpha value is -3.26. The third-order valence-electron chi connectivity index (χ3n) is 6.53. The summed E-state index contributed by atoms with van der Waals surface area (Å²) < 4.78 is 0. The van der Waals surface area contributed by atoms with Crippen LogP contribution < -0.4 is 16.2 Å². The summed E-state index contributed by atoms with van der Waals surface area (Å²) in [6.07, 6.45) is 3.64. The predicted molar refractivity (Wildman–Crippen MR) is 121 cm³/mol. The average molecular weight is 452 g/mol. The van der Waals surface area contributed by atoms with Gasteiger partial charge in [-0.2, -0.15) is 4.98 Å². The maximum Gasteiger partial charge on any atom is 0.262 e. The first-order valence-electron chi connectivity index (χ1n) is 10.7. The number of ketones is 1. The Labute approximate surface area is 188 Å². The van der Waals surface area contributed by atoms with Crippen molar-refractivity contribution in [3.8, 4) is 0 Å². The molecule has 1 fully saturated rings. The van der Waals surface area contributed by atoms with Gasteiger partial charge in [0.1, 0.15) is 0 Å². The number of primary amides is 1. The number of fused-ring (bicyclic) bond motifs is 3. The number of nitrogens with two attached hydrogens (primary N) is 1. The Morgan fingerprint density at radius 3 is 2.69 bits per heavy atom. The van der Waals surface area contributed by atoms with Crippen LogP contribution in [0.5, 0.6) is 0 Å². The average Bonchev–Trinajstić information content (AvgIpc) is 2.78. The second-order valence-electron chi connectivity index (χ2n) is 8.49. The van der Waals surface area contributed by atoms with Crippen LogP contribution in [0.1, 0.15) is 46.7 Å². The summed E-state index contributed by atoms with van der Waals surface area (Å²) in [5, 5.41) is 0.975. The van der Waals surface area contributed by atoms with Crippen LogP contribution in [-0.2, 0) is 11.2 Å². The highest BCUT2D eigenvalue weighted by molar-refractivity contribution is 6.30. The Bertz CT molecular complexity index is 1300.